The van der Waals surface area contributed by atoms with Gasteiger partial charge in [-0.2, -0.15) is 0 Å². The van der Waals surface area contributed by atoms with Gasteiger partial charge in [-0.1, -0.05) is 6.07 Å². The van der Waals surface area contributed by atoms with Crippen LogP contribution in [0.5, 0.6) is 0 Å². The Morgan fingerprint density at radius 2 is 2.20 bits per heavy atom. The Labute approximate surface area is 129 Å². The summed E-state index contributed by atoms with van der Waals surface area (Å²) < 4.78 is 0. The molecule has 2 heterocycles. The molecule has 0 saturated carbocycles. The molecule has 4 nitrogen and oxygen atoms in total. The summed E-state index contributed by atoms with van der Waals surface area (Å²) in [5.74, 6) is 1.05. The van der Waals surface area contributed by atoms with Crippen molar-refractivity contribution in [2.45, 2.75) is 39.4 Å². The molecule has 114 valence electrons. The first kappa shape index (κ1) is 17.2. The number of anilines is 1. The maximum atomic E-state index is 4.57. The number of nitrogens with one attached hydrogen (secondary N) is 1. The van der Waals surface area contributed by atoms with Gasteiger partial charge >= 0.3 is 0 Å². The molecule has 0 aromatic carbocycles. The van der Waals surface area contributed by atoms with Crippen LogP contribution in [0.4, 0.5) is 5.82 Å². The van der Waals surface area contributed by atoms with Gasteiger partial charge < -0.3 is 10.2 Å². The lowest BCUT2D eigenvalue weighted by molar-refractivity contribution is 0.165. The Balaban J connectivity index is 0.00000200. The standard InChI is InChI=1S/C15H26N4.ClH/c1-12(2)18(4)15-6-5-14(10-17-15)11-19-8-7-16-9-13(19)3;/h5-6,10,12-13,16H,7-9,11H2,1-4H3;1H/t13-;/m0./s1. The Kier molecular flexibility index (Phi) is 6.72. The maximum Gasteiger partial charge on any atom is 0.128 e. The minimum atomic E-state index is 0. The molecule has 1 aromatic heterocycles. The number of halogens is 1. The fraction of sp³-hybridized carbons (Fsp3) is 0.667. The number of piperazine rings is 1. The molecule has 20 heavy (non-hydrogen) atoms. The zero-order chi connectivity index (χ0) is 13.8. The minimum Gasteiger partial charge on any atom is -0.357 e. The van der Waals surface area contributed by atoms with Crippen molar-refractivity contribution in [3.8, 4) is 0 Å². The molecule has 5 heteroatoms. The van der Waals surface area contributed by atoms with E-state index in [1.807, 2.05) is 6.20 Å². The van der Waals surface area contributed by atoms with Crippen molar-refractivity contribution in [2.75, 3.05) is 31.6 Å². The van der Waals surface area contributed by atoms with Gasteiger partial charge in [0.05, 0.1) is 0 Å². The van der Waals surface area contributed by atoms with Gasteiger partial charge in [-0.25, -0.2) is 4.98 Å². The third-order valence-corrected chi connectivity index (χ3v) is 3.97. The lowest BCUT2D eigenvalue weighted by Crippen LogP contribution is -2.49. The summed E-state index contributed by atoms with van der Waals surface area (Å²) in [4.78, 5) is 9.28. The van der Waals surface area contributed by atoms with E-state index < -0.39 is 0 Å². The fourth-order valence-corrected chi connectivity index (χ4v) is 2.34. The average Bonchev–Trinajstić information content (AvgIpc) is 2.41. The van der Waals surface area contributed by atoms with Crippen LogP contribution in [0.15, 0.2) is 18.3 Å². The number of hydrogen-bond acceptors (Lipinski definition) is 4. The number of hydrogen-bond donors (Lipinski definition) is 1. The molecule has 1 atom stereocenters. The molecule has 1 aliphatic heterocycles. The number of rotatable bonds is 4. The van der Waals surface area contributed by atoms with Crippen molar-refractivity contribution in [1.29, 1.82) is 0 Å². The smallest absolute Gasteiger partial charge is 0.128 e. The third kappa shape index (κ3) is 4.33. The fourth-order valence-electron chi connectivity index (χ4n) is 2.34. The molecule has 0 amide bonds. The van der Waals surface area contributed by atoms with Crippen molar-refractivity contribution in [3.05, 3.63) is 23.9 Å². The summed E-state index contributed by atoms with van der Waals surface area (Å²) in [6, 6.07) is 5.41. The molecule has 0 bridgehead atoms. The van der Waals surface area contributed by atoms with Gasteiger partial charge in [0.1, 0.15) is 5.82 Å². The van der Waals surface area contributed by atoms with Crippen LogP contribution in [-0.2, 0) is 6.54 Å². The van der Waals surface area contributed by atoms with E-state index in [9.17, 15) is 0 Å². The third-order valence-electron chi connectivity index (χ3n) is 3.97. The Hall–Kier alpha value is -0.840. The van der Waals surface area contributed by atoms with E-state index in [-0.39, 0.29) is 12.4 Å². The van der Waals surface area contributed by atoms with E-state index in [0.717, 1.165) is 32.0 Å². The zero-order valence-corrected chi connectivity index (χ0v) is 13.8. The van der Waals surface area contributed by atoms with Gasteiger partial charge in [-0.3, -0.25) is 4.90 Å². The average molecular weight is 299 g/mol. The highest BCUT2D eigenvalue weighted by Crippen LogP contribution is 2.14. The molecule has 1 fully saturated rings. The minimum absolute atomic E-state index is 0. The predicted octanol–water partition coefficient (Wildman–Crippen LogP) is 2.14. The molecule has 1 aromatic rings. The molecule has 1 N–H and O–H groups in total. The van der Waals surface area contributed by atoms with Gasteiger partial charge in [0.25, 0.3) is 0 Å². The Bertz CT molecular complexity index is 393. The van der Waals surface area contributed by atoms with Crippen molar-refractivity contribution >= 4 is 18.2 Å². The monoisotopic (exact) mass is 298 g/mol. The van der Waals surface area contributed by atoms with E-state index >= 15 is 0 Å². The molecular weight excluding hydrogens is 272 g/mol. The van der Waals surface area contributed by atoms with Crippen LogP contribution in [0.1, 0.15) is 26.3 Å². The Morgan fingerprint density at radius 3 is 2.75 bits per heavy atom. The van der Waals surface area contributed by atoms with Gasteiger partial charge in [-0.05, 0) is 32.4 Å². The summed E-state index contributed by atoms with van der Waals surface area (Å²) in [5, 5.41) is 3.42. The molecule has 1 saturated heterocycles. The van der Waals surface area contributed by atoms with Gasteiger partial charge in [-0.15, -0.1) is 12.4 Å². The molecule has 2 rings (SSSR count). The predicted molar refractivity (Wildman–Crippen MR) is 87.8 cm³/mol. The second-order valence-corrected chi connectivity index (χ2v) is 5.75. The van der Waals surface area contributed by atoms with E-state index in [2.05, 4.69) is 60.1 Å². The van der Waals surface area contributed by atoms with Gasteiger partial charge in [0, 0.05) is 51.5 Å². The van der Waals surface area contributed by atoms with E-state index in [1.54, 1.807) is 0 Å². The Morgan fingerprint density at radius 1 is 1.45 bits per heavy atom. The highest BCUT2D eigenvalue weighted by atomic mass is 35.5. The van der Waals surface area contributed by atoms with Gasteiger partial charge in [0.2, 0.25) is 0 Å². The highest BCUT2D eigenvalue weighted by molar-refractivity contribution is 5.85. The lowest BCUT2D eigenvalue weighted by Gasteiger charge is -2.33. The van der Waals surface area contributed by atoms with Crippen LogP contribution in [-0.4, -0.2) is 48.6 Å². The summed E-state index contributed by atoms with van der Waals surface area (Å²) in [7, 11) is 2.09. The summed E-state index contributed by atoms with van der Waals surface area (Å²) in [6.45, 7) is 10.9. The second-order valence-electron chi connectivity index (χ2n) is 5.75. The van der Waals surface area contributed by atoms with Crippen LogP contribution in [0.2, 0.25) is 0 Å². The largest absolute Gasteiger partial charge is 0.357 e. The summed E-state index contributed by atoms with van der Waals surface area (Å²) >= 11 is 0. The first-order valence-electron chi connectivity index (χ1n) is 7.20. The van der Waals surface area contributed by atoms with Crippen LogP contribution < -0.4 is 10.2 Å². The van der Waals surface area contributed by atoms with Crippen LogP contribution >= 0.6 is 12.4 Å². The number of aromatic nitrogens is 1. The van der Waals surface area contributed by atoms with Crippen molar-refractivity contribution in [3.63, 3.8) is 0 Å². The normalized spacial score (nSPS) is 19.8. The quantitative estimate of drug-likeness (QED) is 0.923. The topological polar surface area (TPSA) is 31.4 Å². The zero-order valence-electron chi connectivity index (χ0n) is 13.0. The number of nitrogens with zero attached hydrogens (tertiary/aromatic N) is 3. The van der Waals surface area contributed by atoms with Crippen LogP contribution in [0.3, 0.4) is 0 Å². The molecule has 0 aliphatic carbocycles. The van der Waals surface area contributed by atoms with Crippen molar-refractivity contribution < 1.29 is 0 Å². The SMILES string of the molecule is CC(C)N(C)c1ccc(CN2CCNC[C@@H]2C)cn1.Cl. The molecule has 0 radical (unpaired) electrons. The van der Waals surface area contributed by atoms with Gasteiger partial charge in [0.15, 0.2) is 0 Å². The number of pyridine rings is 1. The molecule has 0 unspecified atom stereocenters. The van der Waals surface area contributed by atoms with E-state index in [1.165, 1.54) is 5.56 Å². The van der Waals surface area contributed by atoms with Crippen LogP contribution in [0.25, 0.3) is 0 Å². The maximum absolute atomic E-state index is 4.57. The van der Waals surface area contributed by atoms with E-state index in [4.69, 9.17) is 0 Å². The summed E-state index contributed by atoms with van der Waals surface area (Å²) in [5.41, 5.74) is 1.30. The molecule has 0 spiro atoms. The summed E-state index contributed by atoms with van der Waals surface area (Å²) in [6.07, 6.45) is 2.02. The van der Waals surface area contributed by atoms with E-state index in [0.29, 0.717) is 12.1 Å². The molecule has 1 aliphatic rings. The van der Waals surface area contributed by atoms with Crippen LogP contribution in [0, 0.1) is 0 Å². The molecular formula is C15H27ClN4. The lowest BCUT2D eigenvalue weighted by atomic mass is 10.2. The highest BCUT2D eigenvalue weighted by Gasteiger charge is 2.17. The van der Waals surface area contributed by atoms with Crippen molar-refractivity contribution in [1.82, 2.24) is 15.2 Å². The second kappa shape index (κ2) is 7.81. The van der Waals surface area contributed by atoms with Crippen molar-refractivity contribution in [2.24, 2.45) is 0 Å². The first-order chi connectivity index (χ1) is 9.08. The first-order valence-corrected chi connectivity index (χ1v) is 7.20.